The van der Waals surface area contributed by atoms with Gasteiger partial charge in [0, 0.05) is 18.2 Å². The molecule has 1 aliphatic rings. The van der Waals surface area contributed by atoms with E-state index in [1.807, 2.05) is 24.3 Å². The van der Waals surface area contributed by atoms with Gasteiger partial charge in [-0.3, -0.25) is 9.59 Å². The third-order valence-electron chi connectivity index (χ3n) is 4.27. The van der Waals surface area contributed by atoms with Crippen LogP contribution in [0.3, 0.4) is 0 Å². The lowest BCUT2D eigenvalue weighted by molar-refractivity contribution is -0.139. The molecule has 2 N–H and O–H groups in total. The van der Waals surface area contributed by atoms with E-state index in [4.69, 9.17) is 21.1 Å². The van der Waals surface area contributed by atoms with Gasteiger partial charge in [0.05, 0.1) is 12.3 Å². The minimum atomic E-state index is -0.819. The summed E-state index contributed by atoms with van der Waals surface area (Å²) in [5.74, 6) is -0.859. The summed E-state index contributed by atoms with van der Waals surface area (Å²) in [4.78, 5) is 23.4. The first kappa shape index (κ1) is 20.8. The van der Waals surface area contributed by atoms with Crippen LogP contribution in [0.15, 0.2) is 53.6 Å². The molecule has 1 aliphatic heterocycles. The van der Waals surface area contributed by atoms with Crippen LogP contribution in [-0.2, 0) is 20.9 Å². The second kappa shape index (κ2) is 10.6. The molecule has 1 saturated heterocycles. The Morgan fingerprint density at radius 2 is 2.03 bits per heavy atom. The molecule has 1 fully saturated rings. The Morgan fingerprint density at radius 3 is 2.76 bits per heavy atom. The standard InChI is InChI=1S/C21H22ClN3O4/c22-17-4-1-3-16(11-17)14-29-18-8-6-15(7-9-18)12-24-25-21(27)20(26)23-13-19-5-2-10-28-19/h1,3-4,6-9,11-12,19H,2,5,10,13-14H2,(H,23,26)(H,25,27)/b24-12-/t19-/m1/s1. The molecule has 8 heteroatoms. The Labute approximate surface area is 174 Å². The zero-order chi connectivity index (χ0) is 20.5. The van der Waals surface area contributed by atoms with Gasteiger partial charge in [-0.15, -0.1) is 0 Å². The number of amides is 2. The van der Waals surface area contributed by atoms with Crippen LogP contribution in [0.4, 0.5) is 0 Å². The van der Waals surface area contributed by atoms with Gasteiger partial charge < -0.3 is 14.8 Å². The highest BCUT2D eigenvalue weighted by Crippen LogP contribution is 2.16. The quantitative estimate of drug-likeness (QED) is 0.413. The number of rotatable bonds is 7. The third kappa shape index (κ3) is 6.89. The second-order valence-corrected chi connectivity index (χ2v) is 6.97. The smallest absolute Gasteiger partial charge is 0.329 e. The van der Waals surface area contributed by atoms with E-state index >= 15 is 0 Å². The number of nitrogens with zero attached hydrogens (tertiary/aromatic N) is 1. The van der Waals surface area contributed by atoms with Crippen LogP contribution in [0, 0.1) is 0 Å². The Balaban J connectivity index is 1.40. The Morgan fingerprint density at radius 1 is 1.21 bits per heavy atom. The number of hydrogen-bond acceptors (Lipinski definition) is 5. The van der Waals surface area contributed by atoms with Gasteiger partial charge in [-0.05, 0) is 60.4 Å². The first-order chi connectivity index (χ1) is 14.1. The lowest BCUT2D eigenvalue weighted by Crippen LogP contribution is -2.41. The number of halogens is 1. The molecular weight excluding hydrogens is 394 g/mol. The normalized spacial score (nSPS) is 16.0. The Hall–Kier alpha value is -2.90. The molecule has 2 aromatic rings. The molecular formula is C21H22ClN3O4. The summed E-state index contributed by atoms with van der Waals surface area (Å²) in [6, 6.07) is 14.6. The highest BCUT2D eigenvalue weighted by molar-refractivity contribution is 6.35. The predicted octanol–water partition coefficient (Wildman–Crippen LogP) is 2.66. The lowest BCUT2D eigenvalue weighted by Gasteiger charge is -2.09. The molecule has 1 heterocycles. The summed E-state index contributed by atoms with van der Waals surface area (Å²) in [7, 11) is 0. The summed E-state index contributed by atoms with van der Waals surface area (Å²) in [5, 5.41) is 7.01. The van der Waals surface area contributed by atoms with E-state index in [0.717, 1.165) is 24.0 Å². The molecule has 0 unspecified atom stereocenters. The van der Waals surface area contributed by atoms with Crippen LogP contribution >= 0.6 is 11.6 Å². The monoisotopic (exact) mass is 415 g/mol. The first-order valence-corrected chi connectivity index (χ1v) is 9.68. The summed E-state index contributed by atoms with van der Waals surface area (Å²) in [6.07, 6.45) is 3.29. The number of ether oxygens (including phenoxy) is 2. The van der Waals surface area contributed by atoms with E-state index in [9.17, 15) is 9.59 Å². The van der Waals surface area contributed by atoms with Crippen LogP contribution in [0.2, 0.25) is 5.02 Å². The van der Waals surface area contributed by atoms with Gasteiger partial charge in [-0.25, -0.2) is 5.43 Å². The van der Waals surface area contributed by atoms with Crippen molar-refractivity contribution in [1.29, 1.82) is 0 Å². The van der Waals surface area contributed by atoms with Crippen molar-refractivity contribution in [3.05, 3.63) is 64.7 Å². The predicted molar refractivity (Wildman–Crippen MR) is 110 cm³/mol. The van der Waals surface area contributed by atoms with Gasteiger partial charge in [0.1, 0.15) is 12.4 Å². The molecule has 1 atom stereocenters. The van der Waals surface area contributed by atoms with Gasteiger partial charge in [-0.2, -0.15) is 5.10 Å². The summed E-state index contributed by atoms with van der Waals surface area (Å²) >= 11 is 5.95. The van der Waals surface area contributed by atoms with Gasteiger partial charge in [0.15, 0.2) is 0 Å². The molecule has 0 aliphatic carbocycles. The number of carbonyl (C=O) groups is 2. The van der Waals surface area contributed by atoms with Crippen LogP contribution < -0.4 is 15.5 Å². The summed E-state index contributed by atoms with van der Waals surface area (Å²) < 4.78 is 11.1. The van der Waals surface area contributed by atoms with Crippen molar-refractivity contribution in [2.75, 3.05) is 13.2 Å². The fourth-order valence-electron chi connectivity index (χ4n) is 2.75. The van der Waals surface area contributed by atoms with E-state index in [-0.39, 0.29) is 6.10 Å². The average Bonchev–Trinajstić information content (AvgIpc) is 3.25. The fraction of sp³-hybridized carbons (Fsp3) is 0.286. The van der Waals surface area contributed by atoms with Crippen molar-refractivity contribution < 1.29 is 19.1 Å². The number of nitrogens with one attached hydrogen (secondary N) is 2. The molecule has 0 spiro atoms. The van der Waals surface area contributed by atoms with Crippen molar-refractivity contribution in [3.8, 4) is 5.75 Å². The number of hydrogen-bond donors (Lipinski definition) is 2. The maximum Gasteiger partial charge on any atom is 0.329 e. The molecule has 0 bridgehead atoms. The second-order valence-electron chi connectivity index (χ2n) is 6.53. The van der Waals surface area contributed by atoms with Gasteiger partial charge >= 0.3 is 11.8 Å². The van der Waals surface area contributed by atoms with Crippen molar-refractivity contribution in [1.82, 2.24) is 10.7 Å². The molecule has 7 nitrogen and oxygen atoms in total. The molecule has 2 amide bonds. The van der Waals surface area contributed by atoms with E-state index in [0.29, 0.717) is 30.5 Å². The zero-order valence-corrected chi connectivity index (χ0v) is 16.5. The van der Waals surface area contributed by atoms with Crippen molar-refractivity contribution >= 4 is 29.6 Å². The van der Waals surface area contributed by atoms with Crippen LogP contribution in [0.5, 0.6) is 5.75 Å². The molecule has 2 aromatic carbocycles. The summed E-state index contributed by atoms with van der Waals surface area (Å²) in [6.45, 7) is 1.43. The largest absolute Gasteiger partial charge is 0.489 e. The molecule has 152 valence electrons. The van der Waals surface area contributed by atoms with Gasteiger partial charge in [0.25, 0.3) is 0 Å². The molecule has 3 rings (SSSR count). The summed E-state index contributed by atoms with van der Waals surface area (Å²) in [5.41, 5.74) is 3.93. The number of benzene rings is 2. The van der Waals surface area contributed by atoms with E-state index in [1.165, 1.54) is 6.21 Å². The maximum atomic E-state index is 11.7. The van der Waals surface area contributed by atoms with Crippen LogP contribution in [0.25, 0.3) is 0 Å². The topological polar surface area (TPSA) is 89.0 Å². The maximum absolute atomic E-state index is 11.7. The van der Waals surface area contributed by atoms with Gasteiger partial charge in [0.2, 0.25) is 0 Å². The SMILES string of the molecule is O=C(NC[C@H]1CCCO1)C(=O)N/N=C\c1ccc(OCc2cccc(Cl)c2)cc1. The van der Waals surface area contributed by atoms with Crippen molar-refractivity contribution in [2.24, 2.45) is 5.10 Å². The number of carbonyl (C=O) groups excluding carboxylic acids is 2. The van der Waals surface area contributed by atoms with Crippen molar-refractivity contribution in [3.63, 3.8) is 0 Å². The fourth-order valence-corrected chi connectivity index (χ4v) is 2.96. The van der Waals surface area contributed by atoms with E-state index in [2.05, 4.69) is 15.8 Å². The first-order valence-electron chi connectivity index (χ1n) is 9.30. The third-order valence-corrected chi connectivity index (χ3v) is 4.51. The van der Waals surface area contributed by atoms with E-state index in [1.54, 1.807) is 24.3 Å². The molecule has 0 aromatic heterocycles. The van der Waals surface area contributed by atoms with Gasteiger partial charge in [-0.1, -0.05) is 23.7 Å². The Bertz CT molecular complexity index is 864. The van der Waals surface area contributed by atoms with Crippen LogP contribution in [-0.4, -0.2) is 37.3 Å². The highest BCUT2D eigenvalue weighted by atomic mass is 35.5. The highest BCUT2D eigenvalue weighted by Gasteiger charge is 2.18. The minimum absolute atomic E-state index is 0.0186. The number of hydrazone groups is 1. The lowest BCUT2D eigenvalue weighted by atomic mass is 10.2. The zero-order valence-electron chi connectivity index (χ0n) is 15.8. The Kier molecular flexibility index (Phi) is 7.61. The molecule has 29 heavy (non-hydrogen) atoms. The molecule has 0 saturated carbocycles. The van der Waals surface area contributed by atoms with Crippen molar-refractivity contribution in [2.45, 2.75) is 25.6 Å². The minimum Gasteiger partial charge on any atom is -0.489 e. The molecule has 0 radical (unpaired) electrons. The van der Waals surface area contributed by atoms with Crippen LogP contribution in [0.1, 0.15) is 24.0 Å². The van der Waals surface area contributed by atoms with E-state index < -0.39 is 11.8 Å². The average molecular weight is 416 g/mol.